The van der Waals surface area contributed by atoms with Gasteiger partial charge in [0.2, 0.25) is 17.4 Å². The fourth-order valence-electron chi connectivity index (χ4n) is 7.90. The summed E-state index contributed by atoms with van der Waals surface area (Å²) in [4.78, 5) is 37.9. The molecule has 5 saturated carbocycles. The second-order valence-corrected chi connectivity index (χ2v) is 10.9. The van der Waals surface area contributed by atoms with Gasteiger partial charge in [0.25, 0.3) is 0 Å². The smallest absolute Gasteiger partial charge is 0.228 e. The zero-order chi connectivity index (χ0) is 21.7. The number of hydrogen-bond acceptors (Lipinski definition) is 6. The Morgan fingerprint density at radius 1 is 0.812 bits per heavy atom. The van der Waals surface area contributed by atoms with Crippen LogP contribution in [-0.4, -0.2) is 28.2 Å². The Kier molecular flexibility index (Phi) is 3.96. The molecule has 6 fully saturated rings. The van der Waals surface area contributed by atoms with E-state index in [2.05, 4.69) is 0 Å². The topological polar surface area (TPSA) is 82.1 Å². The lowest BCUT2D eigenvalue weighted by atomic mass is 9.53. The third-order valence-electron chi connectivity index (χ3n) is 9.23. The van der Waals surface area contributed by atoms with Gasteiger partial charge in [-0.05, 0) is 62.7 Å². The van der Waals surface area contributed by atoms with E-state index in [4.69, 9.17) is 14.5 Å². The molecule has 0 atom stereocenters. The van der Waals surface area contributed by atoms with Crippen molar-refractivity contribution >= 4 is 11.6 Å². The number of hydrogen-bond donors (Lipinski definition) is 1. The minimum Gasteiger partial charge on any atom is -0.504 e. The zero-order valence-corrected chi connectivity index (χ0v) is 18.0. The van der Waals surface area contributed by atoms with E-state index in [1.54, 1.807) is 24.3 Å². The Morgan fingerprint density at radius 3 is 2.03 bits per heavy atom. The fraction of sp³-hybridized carbons (Fsp3) is 0.615. The molecule has 6 nitrogen and oxygen atoms in total. The molecule has 32 heavy (non-hydrogen) atoms. The number of benzene rings is 1. The molecule has 2 spiro atoms. The van der Waals surface area contributed by atoms with Crippen molar-refractivity contribution < 1.29 is 29.2 Å². The van der Waals surface area contributed by atoms with E-state index in [-0.39, 0.29) is 22.8 Å². The minimum atomic E-state index is -0.776. The van der Waals surface area contributed by atoms with Crippen LogP contribution in [0.5, 0.6) is 0 Å². The Morgan fingerprint density at radius 2 is 1.41 bits per heavy atom. The molecule has 1 aromatic carbocycles. The predicted octanol–water partition coefficient (Wildman–Crippen LogP) is 4.90. The molecule has 4 bridgehead atoms. The average Bonchev–Trinajstić information content (AvgIpc) is 3.17. The highest BCUT2D eigenvalue weighted by molar-refractivity contribution is 6.26. The number of Topliss-reactive ketones (excluding diaryl/α,β-unsaturated/α-hetero) is 2. The van der Waals surface area contributed by atoms with Crippen molar-refractivity contribution in [3.05, 3.63) is 46.7 Å². The molecule has 1 saturated heterocycles. The number of allylic oxidation sites excluding steroid dienone is 2. The highest BCUT2D eigenvalue weighted by Crippen LogP contribution is 2.64. The number of carbonyl (C=O) groups excluding carboxylic acids is 2. The second kappa shape index (κ2) is 6.52. The Bertz CT molecular complexity index is 1020. The number of aliphatic hydroxyl groups is 1. The van der Waals surface area contributed by atoms with Crippen LogP contribution in [0.1, 0.15) is 78.5 Å². The number of fused-ring (bicyclic) bond motifs is 1. The number of aliphatic hydroxyl groups excluding tert-OH is 1. The molecule has 0 amide bonds. The first kappa shape index (κ1) is 19.4. The first-order chi connectivity index (χ1) is 15.5. The van der Waals surface area contributed by atoms with E-state index < -0.39 is 23.1 Å². The molecule has 1 aliphatic heterocycles. The van der Waals surface area contributed by atoms with Crippen molar-refractivity contribution in [1.82, 2.24) is 0 Å². The summed E-state index contributed by atoms with van der Waals surface area (Å²) < 4.78 is 6.75. The third-order valence-corrected chi connectivity index (χ3v) is 9.23. The molecular formula is C26H28O6. The van der Waals surface area contributed by atoms with Crippen molar-refractivity contribution in [2.45, 2.75) is 69.4 Å². The fourth-order valence-corrected chi connectivity index (χ4v) is 7.90. The van der Waals surface area contributed by atoms with E-state index >= 15 is 0 Å². The van der Waals surface area contributed by atoms with Crippen LogP contribution in [0.15, 0.2) is 35.6 Å². The molecule has 168 valence electrons. The van der Waals surface area contributed by atoms with Gasteiger partial charge >= 0.3 is 0 Å². The maximum atomic E-state index is 13.1. The molecule has 0 radical (unpaired) electrons. The average molecular weight is 437 g/mol. The monoisotopic (exact) mass is 436 g/mol. The molecule has 0 unspecified atom stereocenters. The van der Waals surface area contributed by atoms with Crippen molar-refractivity contribution in [3.8, 4) is 0 Å². The SMILES string of the molecule is O=C1C(O)=C(C2CCC3(CC2)OOC2(O3)C3CC4CC(C3)CC2C4)C(=O)c2ccccc21. The molecule has 1 aromatic rings. The number of carbonyl (C=O) groups is 2. The van der Waals surface area contributed by atoms with Gasteiger partial charge < -0.3 is 9.84 Å². The van der Waals surface area contributed by atoms with Crippen LogP contribution in [-0.2, 0) is 14.5 Å². The van der Waals surface area contributed by atoms with Crippen molar-refractivity contribution in [1.29, 1.82) is 0 Å². The highest BCUT2D eigenvalue weighted by atomic mass is 17.3. The number of ether oxygens (including phenoxy) is 1. The Labute approximate surface area is 186 Å². The van der Waals surface area contributed by atoms with E-state index in [1.807, 2.05) is 0 Å². The summed E-state index contributed by atoms with van der Waals surface area (Å²) in [6.45, 7) is 0. The summed E-state index contributed by atoms with van der Waals surface area (Å²) in [6.07, 6.45) is 8.46. The molecule has 0 aromatic heterocycles. The second-order valence-electron chi connectivity index (χ2n) is 10.9. The molecule has 1 heterocycles. The first-order valence-corrected chi connectivity index (χ1v) is 12.2. The van der Waals surface area contributed by atoms with Gasteiger partial charge in [0, 0.05) is 41.4 Å². The van der Waals surface area contributed by atoms with Crippen molar-refractivity contribution in [2.75, 3.05) is 0 Å². The molecule has 6 heteroatoms. The van der Waals surface area contributed by atoms with Crippen molar-refractivity contribution in [3.63, 3.8) is 0 Å². The summed E-state index contributed by atoms with van der Waals surface area (Å²) in [7, 11) is 0. The van der Waals surface area contributed by atoms with Gasteiger partial charge in [-0.1, -0.05) is 24.3 Å². The van der Waals surface area contributed by atoms with Gasteiger partial charge in [-0.25, -0.2) is 0 Å². The van der Waals surface area contributed by atoms with Gasteiger partial charge in [0.15, 0.2) is 11.5 Å². The molecule has 7 aliphatic rings. The molecule has 1 N–H and O–H groups in total. The highest BCUT2D eigenvalue weighted by Gasteiger charge is 2.67. The van der Waals surface area contributed by atoms with Crippen LogP contribution in [0.2, 0.25) is 0 Å². The van der Waals surface area contributed by atoms with Crippen LogP contribution in [0.4, 0.5) is 0 Å². The summed E-state index contributed by atoms with van der Waals surface area (Å²) in [5.74, 6) is -0.192. The summed E-state index contributed by atoms with van der Waals surface area (Å²) in [5.41, 5.74) is 0.923. The lowest BCUT2D eigenvalue weighted by Gasteiger charge is -2.57. The van der Waals surface area contributed by atoms with Gasteiger partial charge in [-0.2, -0.15) is 9.78 Å². The lowest BCUT2D eigenvalue weighted by molar-refractivity contribution is -0.390. The summed E-state index contributed by atoms with van der Waals surface area (Å²) in [5, 5.41) is 10.6. The van der Waals surface area contributed by atoms with Crippen LogP contribution in [0, 0.1) is 29.6 Å². The maximum absolute atomic E-state index is 13.1. The third kappa shape index (κ3) is 2.52. The number of rotatable bonds is 1. The summed E-state index contributed by atoms with van der Waals surface area (Å²) in [6, 6.07) is 6.73. The van der Waals surface area contributed by atoms with Gasteiger partial charge in [-0.15, -0.1) is 0 Å². The van der Waals surface area contributed by atoms with E-state index in [0.29, 0.717) is 43.1 Å². The summed E-state index contributed by atoms with van der Waals surface area (Å²) >= 11 is 0. The van der Waals surface area contributed by atoms with Gasteiger partial charge in [-0.3, -0.25) is 9.59 Å². The minimum absolute atomic E-state index is 0.187. The van der Waals surface area contributed by atoms with Crippen LogP contribution >= 0.6 is 0 Å². The lowest BCUT2D eigenvalue weighted by Crippen LogP contribution is -2.59. The molecule has 8 rings (SSSR count). The normalized spacial score (nSPS) is 44.7. The van der Waals surface area contributed by atoms with E-state index in [1.165, 1.54) is 32.1 Å². The molecule has 6 aliphatic carbocycles. The zero-order valence-electron chi connectivity index (χ0n) is 18.0. The van der Waals surface area contributed by atoms with Gasteiger partial charge in [0.05, 0.1) is 0 Å². The van der Waals surface area contributed by atoms with E-state index in [9.17, 15) is 14.7 Å². The molecular weight excluding hydrogens is 408 g/mol. The van der Waals surface area contributed by atoms with Gasteiger partial charge in [0.1, 0.15) is 0 Å². The van der Waals surface area contributed by atoms with Crippen molar-refractivity contribution in [2.24, 2.45) is 29.6 Å². The largest absolute Gasteiger partial charge is 0.504 e. The van der Waals surface area contributed by atoms with E-state index in [0.717, 1.165) is 11.8 Å². The van der Waals surface area contributed by atoms with Crippen LogP contribution in [0.25, 0.3) is 0 Å². The Balaban J connectivity index is 1.11. The van der Waals surface area contributed by atoms with Crippen LogP contribution < -0.4 is 0 Å². The predicted molar refractivity (Wildman–Crippen MR) is 112 cm³/mol. The maximum Gasteiger partial charge on any atom is 0.228 e. The Hall–Kier alpha value is -2.02. The van der Waals surface area contributed by atoms with Crippen LogP contribution in [0.3, 0.4) is 0 Å². The number of ketones is 2. The first-order valence-electron chi connectivity index (χ1n) is 12.2. The standard InChI is InChI=1S/C26H28O6/c27-22-19-3-1-2-4-20(19)23(28)24(29)21(22)16-5-7-25(8-6-16)30-26(32-31-25)17-10-14-9-15(12-17)13-18(26)11-14/h1-4,14-18,29H,5-13H2. The quantitative estimate of drug-likeness (QED) is 0.631.